The number of aliphatic hydroxyl groups excluding tert-OH is 1. The van der Waals surface area contributed by atoms with E-state index in [4.69, 9.17) is 23.7 Å². The fourth-order valence-corrected chi connectivity index (χ4v) is 4.34. The van der Waals surface area contributed by atoms with Gasteiger partial charge in [0.05, 0.1) is 19.8 Å². The lowest BCUT2D eigenvalue weighted by atomic mass is 9.90. The second-order valence-corrected chi connectivity index (χ2v) is 8.67. The van der Waals surface area contributed by atoms with E-state index in [-0.39, 0.29) is 18.8 Å². The Morgan fingerprint density at radius 3 is 2.16 bits per heavy atom. The Balaban J connectivity index is 1.52. The van der Waals surface area contributed by atoms with Gasteiger partial charge in [-0.05, 0) is 37.8 Å². The highest BCUT2D eigenvalue weighted by Crippen LogP contribution is 2.46. The normalized spacial score (nSPS) is 29.2. The lowest BCUT2D eigenvalue weighted by Gasteiger charge is -2.36. The second-order valence-electron chi connectivity index (χ2n) is 8.67. The summed E-state index contributed by atoms with van der Waals surface area (Å²) >= 11 is 0. The Hall–Kier alpha value is -1.80. The zero-order valence-corrected chi connectivity index (χ0v) is 18.2. The van der Waals surface area contributed by atoms with Crippen LogP contribution in [0.3, 0.4) is 0 Å². The van der Waals surface area contributed by atoms with Gasteiger partial charge in [-0.25, -0.2) is 0 Å². The number of hydrogen-bond acceptors (Lipinski definition) is 6. The summed E-state index contributed by atoms with van der Waals surface area (Å²) in [5.41, 5.74) is 1.40. The predicted octanol–water partition coefficient (Wildman–Crippen LogP) is 3.81. The summed E-state index contributed by atoms with van der Waals surface area (Å²) in [6, 6.07) is 20.1. The SMILES string of the molecule is CC1(C)OC2[C@@H](O1)O[C@](CCCO)(COCc1ccccc1)[C@@H]2OCc1ccccc1. The van der Waals surface area contributed by atoms with Crippen LogP contribution in [0, 0.1) is 0 Å². The standard InChI is InChI=1S/C25H32O6/c1-24(2)29-21-22(28-17-20-12-7-4-8-13-20)25(14-9-15-26,31-23(21)30-24)18-27-16-19-10-5-3-6-11-19/h3-8,10-13,21-23,26H,9,14-18H2,1-2H3/t21?,22-,23+,25-/m1/s1. The molecular formula is C25H32O6. The van der Waals surface area contributed by atoms with E-state index in [0.29, 0.717) is 32.7 Å². The minimum atomic E-state index is -0.766. The molecule has 0 spiro atoms. The molecule has 2 heterocycles. The molecule has 2 aliphatic rings. The van der Waals surface area contributed by atoms with Crippen molar-refractivity contribution >= 4 is 0 Å². The van der Waals surface area contributed by atoms with Crippen LogP contribution in [0.15, 0.2) is 60.7 Å². The Bertz CT molecular complexity index is 811. The van der Waals surface area contributed by atoms with Gasteiger partial charge in [0.2, 0.25) is 0 Å². The Labute approximate surface area is 184 Å². The van der Waals surface area contributed by atoms with Crippen LogP contribution >= 0.6 is 0 Å². The number of aliphatic hydroxyl groups is 1. The van der Waals surface area contributed by atoms with E-state index in [1.807, 2.05) is 74.5 Å². The topological polar surface area (TPSA) is 66.4 Å². The third-order valence-electron chi connectivity index (χ3n) is 5.74. The molecule has 31 heavy (non-hydrogen) atoms. The van der Waals surface area contributed by atoms with Crippen LogP contribution < -0.4 is 0 Å². The van der Waals surface area contributed by atoms with Gasteiger partial charge >= 0.3 is 0 Å². The first-order chi connectivity index (χ1) is 15.0. The van der Waals surface area contributed by atoms with Crippen molar-refractivity contribution in [2.45, 2.75) is 69.8 Å². The van der Waals surface area contributed by atoms with Gasteiger partial charge in [-0.1, -0.05) is 60.7 Å². The van der Waals surface area contributed by atoms with E-state index in [0.717, 1.165) is 11.1 Å². The summed E-state index contributed by atoms with van der Waals surface area (Å²) in [6.07, 6.45) is -0.130. The monoisotopic (exact) mass is 428 g/mol. The van der Waals surface area contributed by atoms with E-state index in [1.54, 1.807) is 0 Å². The molecule has 0 radical (unpaired) electrons. The Morgan fingerprint density at radius 2 is 1.52 bits per heavy atom. The molecule has 2 aliphatic heterocycles. The number of ether oxygens (including phenoxy) is 5. The molecule has 2 saturated heterocycles. The predicted molar refractivity (Wildman–Crippen MR) is 115 cm³/mol. The van der Waals surface area contributed by atoms with E-state index in [2.05, 4.69) is 0 Å². The van der Waals surface area contributed by atoms with Crippen LogP contribution in [-0.4, -0.2) is 48.2 Å². The van der Waals surface area contributed by atoms with Crippen molar-refractivity contribution in [1.82, 2.24) is 0 Å². The third-order valence-corrected chi connectivity index (χ3v) is 5.74. The molecule has 2 aromatic carbocycles. The van der Waals surface area contributed by atoms with E-state index < -0.39 is 17.7 Å². The highest BCUT2D eigenvalue weighted by molar-refractivity contribution is 5.15. The molecule has 2 fully saturated rings. The van der Waals surface area contributed by atoms with Crippen molar-refractivity contribution in [2.75, 3.05) is 13.2 Å². The Kier molecular flexibility index (Phi) is 7.06. The van der Waals surface area contributed by atoms with Crippen LogP contribution in [0.25, 0.3) is 0 Å². The van der Waals surface area contributed by atoms with Gasteiger partial charge in [0.1, 0.15) is 17.8 Å². The molecule has 6 heteroatoms. The molecule has 1 unspecified atom stereocenters. The molecule has 1 N–H and O–H groups in total. The highest BCUT2D eigenvalue weighted by atomic mass is 16.8. The molecule has 4 atom stereocenters. The second kappa shape index (κ2) is 9.77. The van der Waals surface area contributed by atoms with Gasteiger partial charge in [0.25, 0.3) is 0 Å². The quantitative estimate of drug-likeness (QED) is 0.621. The molecule has 168 valence electrons. The molecule has 6 nitrogen and oxygen atoms in total. The molecule has 4 rings (SSSR count). The summed E-state index contributed by atoms with van der Waals surface area (Å²) in [4.78, 5) is 0. The maximum absolute atomic E-state index is 9.53. The smallest absolute Gasteiger partial charge is 0.190 e. The van der Waals surface area contributed by atoms with Crippen LogP contribution in [0.2, 0.25) is 0 Å². The average molecular weight is 429 g/mol. The van der Waals surface area contributed by atoms with Gasteiger partial charge in [0.15, 0.2) is 12.1 Å². The molecule has 0 aromatic heterocycles. The van der Waals surface area contributed by atoms with Crippen LogP contribution in [-0.2, 0) is 36.9 Å². The summed E-state index contributed by atoms with van der Waals surface area (Å²) in [5, 5.41) is 9.53. The fraction of sp³-hybridized carbons (Fsp3) is 0.520. The summed E-state index contributed by atoms with van der Waals surface area (Å²) in [6.45, 7) is 5.05. The lowest BCUT2D eigenvalue weighted by molar-refractivity contribution is -0.256. The number of benzene rings is 2. The van der Waals surface area contributed by atoms with Gasteiger partial charge < -0.3 is 28.8 Å². The fourth-order valence-electron chi connectivity index (χ4n) is 4.34. The van der Waals surface area contributed by atoms with Crippen molar-refractivity contribution in [3.05, 3.63) is 71.8 Å². The molecular weight excluding hydrogens is 396 g/mol. The lowest BCUT2D eigenvalue weighted by Crippen LogP contribution is -2.50. The zero-order chi connectivity index (χ0) is 21.7. The van der Waals surface area contributed by atoms with E-state index >= 15 is 0 Å². The molecule has 0 amide bonds. The van der Waals surface area contributed by atoms with Gasteiger partial charge in [-0.3, -0.25) is 0 Å². The first-order valence-corrected chi connectivity index (χ1v) is 10.9. The zero-order valence-electron chi connectivity index (χ0n) is 18.2. The maximum atomic E-state index is 9.53. The van der Waals surface area contributed by atoms with Crippen molar-refractivity contribution in [3.8, 4) is 0 Å². The average Bonchev–Trinajstić information content (AvgIpc) is 3.21. The summed E-state index contributed by atoms with van der Waals surface area (Å²) in [5.74, 6) is -0.738. The number of hydrogen-bond donors (Lipinski definition) is 1. The maximum Gasteiger partial charge on any atom is 0.190 e. The molecule has 0 bridgehead atoms. The van der Waals surface area contributed by atoms with Gasteiger partial charge in [-0.2, -0.15) is 0 Å². The highest BCUT2D eigenvalue weighted by Gasteiger charge is 2.62. The van der Waals surface area contributed by atoms with Gasteiger partial charge in [-0.15, -0.1) is 0 Å². The number of rotatable bonds is 10. The largest absolute Gasteiger partial charge is 0.396 e. The van der Waals surface area contributed by atoms with Crippen molar-refractivity contribution < 1.29 is 28.8 Å². The first-order valence-electron chi connectivity index (χ1n) is 10.9. The minimum Gasteiger partial charge on any atom is -0.396 e. The molecule has 0 saturated carbocycles. The Morgan fingerprint density at radius 1 is 0.871 bits per heavy atom. The number of fused-ring (bicyclic) bond motifs is 1. The third kappa shape index (κ3) is 5.34. The molecule has 0 aliphatic carbocycles. The van der Waals surface area contributed by atoms with Gasteiger partial charge in [0, 0.05) is 6.61 Å². The van der Waals surface area contributed by atoms with E-state index in [9.17, 15) is 5.11 Å². The summed E-state index contributed by atoms with van der Waals surface area (Å²) < 4.78 is 31.2. The van der Waals surface area contributed by atoms with E-state index in [1.165, 1.54) is 0 Å². The van der Waals surface area contributed by atoms with Crippen molar-refractivity contribution in [1.29, 1.82) is 0 Å². The minimum absolute atomic E-state index is 0.0672. The van der Waals surface area contributed by atoms with Crippen LogP contribution in [0.4, 0.5) is 0 Å². The summed E-state index contributed by atoms with van der Waals surface area (Å²) in [7, 11) is 0. The van der Waals surface area contributed by atoms with Crippen molar-refractivity contribution in [3.63, 3.8) is 0 Å². The first kappa shape index (κ1) is 22.4. The molecule has 2 aromatic rings. The van der Waals surface area contributed by atoms with Crippen LogP contribution in [0.5, 0.6) is 0 Å². The van der Waals surface area contributed by atoms with Crippen LogP contribution in [0.1, 0.15) is 37.8 Å². The van der Waals surface area contributed by atoms with Crippen molar-refractivity contribution in [2.24, 2.45) is 0 Å².